The van der Waals surface area contributed by atoms with Gasteiger partial charge in [0.1, 0.15) is 5.60 Å². The summed E-state index contributed by atoms with van der Waals surface area (Å²) in [6, 6.07) is 2.22. The summed E-state index contributed by atoms with van der Waals surface area (Å²) in [7, 11) is 0. The lowest BCUT2D eigenvalue weighted by molar-refractivity contribution is -0.137. The number of likely N-dealkylation sites (tertiary alicyclic amines) is 1. The van der Waals surface area contributed by atoms with E-state index in [1.54, 1.807) is 18.3 Å². The van der Waals surface area contributed by atoms with Crippen LogP contribution in [0.4, 0.5) is 0 Å². The molecule has 0 aliphatic carbocycles. The molecule has 2 aromatic rings. The van der Waals surface area contributed by atoms with Gasteiger partial charge in [-0.1, -0.05) is 5.16 Å². The normalized spacial score (nSPS) is 19.2. The van der Waals surface area contributed by atoms with Gasteiger partial charge in [-0.05, 0) is 43.2 Å². The quantitative estimate of drug-likeness (QED) is 0.814. The number of aromatic nitrogens is 2. The fraction of sp³-hybridized carbons (Fsp3) is 0.588. The Kier molecular flexibility index (Phi) is 4.84. The molecule has 1 spiro atoms. The molecule has 2 aromatic heterocycles. The Labute approximate surface area is 154 Å². The standard InChI is InChI=1S/C17H21N3O3S2/c1-12-18-14(23-19-12)10-24-11-15(21)20-6-4-17(5-7-20)16-13(2-8-22-17)3-9-25-16/h3,9H,2,4-8,10-11H2,1H3. The highest BCUT2D eigenvalue weighted by molar-refractivity contribution is 7.99. The van der Waals surface area contributed by atoms with E-state index in [2.05, 4.69) is 21.6 Å². The van der Waals surface area contributed by atoms with E-state index in [-0.39, 0.29) is 11.5 Å². The van der Waals surface area contributed by atoms with Crippen molar-refractivity contribution < 1.29 is 14.1 Å². The van der Waals surface area contributed by atoms with Crippen molar-refractivity contribution in [3.63, 3.8) is 0 Å². The van der Waals surface area contributed by atoms with Gasteiger partial charge in [0.25, 0.3) is 0 Å². The number of nitrogens with zero attached hydrogens (tertiary/aromatic N) is 3. The molecule has 0 unspecified atom stereocenters. The number of rotatable bonds is 4. The van der Waals surface area contributed by atoms with E-state index < -0.39 is 0 Å². The second-order valence-corrected chi connectivity index (χ2v) is 8.38. The lowest BCUT2D eigenvalue weighted by Crippen LogP contribution is -2.48. The maximum Gasteiger partial charge on any atom is 0.236 e. The molecular weight excluding hydrogens is 358 g/mol. The molecule has 4 rings (SSSR count). The van der Waals surface area contributed by atoms with Crippen molar-refractivity contribution in [2.45, 2.75) is 37.5 Å². The lowest BCUT2D eigenvalue weighted by atomic mass is 9.85. The van der Waals surface area contributed by atoms with Gasteiger partial charge in [0.05, 0.1) is 18.1 Å². The predicted molar refractivity (Wildman–Crippen MR) is 96.7 cm³/mol. The van der Waals surface area contributed by atoms with Gasteiger partial charge < -0.3 is 14.2 Å². The van der Waals surface area contributed by atoms with Crippen molar-refractivity contribution in [1.29, 1.82) is 0 Å². The molecule has 4 heterocycles. The zero-order valence-electron chi connectivity index (χ0n) is 14.2. The summed E-state index contributed by atoms with van der Waals surface area (Å²) in [6.45, 7) is 4.10. The van der Waals surface area contributed by atoms with Crippen LogP contribution in [-0.2, 0) is 27.3 Å². The number of thiophene rings is 1. The predicted octanol–water partition coefficient (Wildman–Crippen LogP) is 2.76. The highest BCUT2D eigenvalue weighted by Gasteiger charge is 2.42. The van der Waals surface area contributed by atoms with Crippen LogP contribution in [0.1, 0.15) is 35.0 Å². The van der Waals surface area contributed by atoms with Crippen molar-refractivity contribution in [3.8, 4) is 0 Å². The van der Waals surface area contributed by atoms with Gasteiger partial charge in [0, 0.05) is 18.0 Å². The van der Waals surface area contributed by atoms with Gasteiger partial charge in [-0.3, -0.25) is 4.79 Å². The Hall–Kier alpha value is -1.38. The number of ether oxygens (including phenoxy) is 1. The van der Waals surface area contributed by atoms with Crippen LogP contribution in [0, 0.1) is 6.92 Å². The third kappa shape index (κ3) is 3.47. The molecule has 2 aliphatic rings. The van der Waals surface area contributed by atoms with Gasteiger partial charge in [0.2, 0.25) is 11.8 Å². The summed E-state index contributed by atoms with van der Waals surface area (Å²) in [5.74, 6) is 2.40. The maximum atomic E-state index is 12.5. The molecule has 6 nitrogen and oxygen atoms in total. The minimum absolute atomic E-state index is 0.160. The Morgan fingerprint density at radius 2 is 2.28 bits per heavy atom. The minimum atomic E-state index is -0.160. The average molecular weight is 380 g/mol. The van der Waals surface area contributed by atoms with Gasteiger partial charge in [-0.25, -0.2) is 0 Å². The molecule has 0 aromatic carbocycles. The summed E-state index contributed by atoms with van der Waals surface area (Å²) >= 11 is 3.32. The van der Waals surface area contributed by atoms with Gasteiger partial charge in [-0.15, -0.1) is 23.1 Å². The summed E-state index contributed by atoms with van der Waals surface area (Å²) in [4.78, 5) is 20.0. The summed E-state index contributed by atoms with van der Waals surface area (Å²) < 4.78 is 11.3. The Bertz CT molecular complexity index is 750. The molecule has 0 bridgehead atoms. The summed E-state index contributed by atoms with van der Waals surface area (Å²) in [5.41, 5.74) is 1.27. The minimum Gasteiger partial charge on any atom is -0.369 e. The van der Waals surface area contributed by atoms with E-state index in [1.165, 1.54) is 22.2 Å². The summed E-state index contributed by atoms with van der Waals surface area (Å²) in [5, 5.41) is 5.92. The number of fused-ring (bicyclic) bond motifs is 2. The van der Waals surface area contributed by atoms with Gasteiger partial charge in [0.15, 0.2) is 5.82 Å². The van der Waals surface area contributed by atoms with Crippen LogP contribution in [0.15, 0.2) is 16.0 Å². The van der Waals surface area contributed by atoms with Gasteiger partial charge in [-0.2, -0.15) is 4.98 Å². The fourth-order valence-corrected chi connectivity index (χ4v) is 5.48. The topological polar surface area (TPSA) is 68.5 Å². The maximum absolute atomic E-state index is 12.5. The number of hydrogen-bond acceptors (Lipinski definition) is 7. The van der Waals surface area contributed by atoms with E-state index in [1.807, 2.05) is 4.90 Å². The van der Waals surface area contributed by atoms with E-state index in [4.69, 9.17) is 9.26 Å². The van der Waals surface area contributed by atoms with Crippen LogP contribution in [0.5, 0.6) is 0 Å². The monoisotopic (exact) mass is 379 g/mol. The molecule has 25 heavy (non-hydrogen) atoms. The molecule has 1 fully saturated rings. The van der Waals surface area contributed by atoms with Crippen LogP contribution in [-0.4, -0.2) is 46.4 Å². The molecule has 8 heteroatoms. The first-order valence-corrected chi connectivity index (χ1v) is 10.6. The van der Waals surface area contributed by atoms with Gasteiger partial charge >= 0.3 is 0 Å². The van der Waals surface area contributed by atoms with E-state index in [0.717, 1.165) is 39.0 Å². The number of carbonyl (C=O) groups is 1. The third-order valence-electron chi connectivity index (χ3n) is 4.85. The first-order chi connectivity index (χ1) is 12.2. The van der Waals surface area contributed by atoms with E-state index >= 15 is 0 Å². The fourth-order valence-electron chi connectivity index (χ4n) is 3.56. The van der Waals surface area contributed by atoms with Crippen LogP contribution >= 0.6 is 23.1 Å². The van der Waals surface area contributed by atoms with Crippen LogP contribution in [0.3, 0.4) is 0 Å². The van der Waals surface area contributed by atoms with Crippen LogP contribution in [0.2, 0.25) is 0 Å². The average Bonchev–Trinajstić information content (AvgIpc) is 3.25. The molecule has 2 aliphatic heterocycles. The van der Waals surface area contributed by atoms with E-state index in [9.17, 15) is 4.79 Å². The molecular formula is C17H21N3O3S2. The lowest BCUT2D eigenvalue weighted by Gasteiger charge is -2.43. The molecule has 134 valence electrons. The van der Waals surface area contributed by atoms with Crippen molar-refractivity contribution in [2.24, 2.45) is 0 Å². The number of aryl methyl sites for hydroxylation is 1. The molecule has 1 saturated heterocycles. The molecule has 0 atom stereocenters. The Morgan fingerprint density at radius 1 is 1.44 bits per heavy atom. The zero-order valence-corrected chi connectivity index (χ0v) is 15.8. The second kappa shape index (κ2) is 7.09. The van der Waals surface area contributed by atoms with Crippen molar-refractivity contribution in [1.82, 2.24) is 15.0 Å². The van der Waals surface area contributed by atoms with E-state index in [0.29, 0.717) is 23.2 Å². The SMILES string of the molecule is Cc1noc(CSCC(=O)N2CCC3(CC2)OCCc2ccsc23)n1. The number of amides is 1. The number of thioether (sulfide) groups is 1. The smallest absolute Gasteiger partial charge is 0.236 e. The molecule has 0 saturated carbocycles. The highest BCUT2D eigenvalue weighted by atomic mass is 32.2. The number of carbonyl (C=O) groups excluding carboxylic acids is 1. The van der Waals surface area contributed by atoms with Crippen molar-refractivity contribution in [2.75, 3.05) is 25.4 Å². The first kappa shape index (κ1) is 17.1. The number of hydrogen-bond donors (Lipinski definition) is 0. The molecule has 1 amide bonds. The van der Waals surface area contributed by atoms with Crippen molar-refractivity contribution in [3.05, 3.63) is 33.6 Å². The largest absolute Gasteiger partial charge is 0.369 e. The van der Waals surface area contributed by atoms with Crippen LogP contribution in [0.25, 0.3) is 0 Å². The Morgan fingerprint density at radius 3 is 3.04 bits per heavy atom. The summed E-state index contributed by atoms with van der Waals surface area (Å²) in [6.07, 6.45) is 2.79. The van der Waals surface area contributed by atoms with Crippen molar-refractivity contribution >= 4 is 29.0 Å². The second-order valence-electron chi connectivity index (χ2n) is 6.48. The Balaban J connectivity index is 1.29. The van der Waals surface area contributed by atoms with Crippen LogP contribution < -0.4 is 0 Å². The highest BCUT2D eigenvalue weighted by Crippen LogP contribution is 2.44. The first-order valence-electron chi connectivity index (χ1n) is 8.52. The zero-order chi connectivity index (χ0) is 17.3. The third-order valence-corrected chi connectivity index (χ3v) is 6.90. The molecule has 0 N–H and O–H groups in total. The number of piperidine rings is 1. The molecule has 0 radical (unpaired) electrons.